The number of alkyl halides is 3. The predicted octanol–water partition coefficient (Wildman–Crippen LogP) is 12.4. The summed E-state index contributed by atoms with van der Waals surface area (Å²) in [4.78, 5) is 129. The molecule has 0 saturated carbocycles. The molecule has 8 aromatic carbocycles. The van der Waals surface area contributed by atoms with E-state index in [1.165, 1.54) is 0 Å². The van der Waals surface area contributed by atoms with Crippen LogP contribution in [0.5, 0.6) is 0 Å². The Morgan fingerprint density at radius 1 is 0.437 bits per heavy atom. The molecule has 0 aliphatic carbocycles. The average Bonchev–Trinajstić information content (AvgIpc) is 0.773. The number of hydrogen-bond acceptors (Lipinski definition) is 31. The summed E-state index contributed by atoms with van der Waals surface area (Å²) in [5.41, 5.74) is 2.82. The quantitative estimate of drug-likeness (QED) is 0.00802. The average molecular weight is 1930 g/mol. The van der Waals surface area contributed by atoms with Gasteiger partial charge in [-0.25, -0.2) is 9.59 Å². The summed E-state index contributed by atoms with van der Waals surface area (Å²) < 4.78 is 138. The third kappa shape index (κ3) is 28.0. The molecule has 0 bridgehead atoms. The van der Waals surface area contributed by atoms with Crippen LogP contribution in [0.1, 0.15) is 106 Å². The van der Waals surface area contributed by atoms with Gasteiger partial charge in [0.25, 0.3) is 9.58 Å². The number of amides is 2. The number of halogens is 3. The Morgan fingerprint density at radius 2 is 0.852 bits per heavy atom. The summed E-state index contributed by atoms with van der Waals surface area (Å²) in [5.74, 6) is -13.1. The second kappa shape index (κ2) is 48.9. The molecular formula is C99H108Cl3N3O30. The lowest BCUT2D eigenvalue weighted by atomic mass is 9.80. The first-order valence-electron chi connectivity index (χ1n) is 43.5. The van der Waals surface area contributed by atoms with E-state index in [0.717, 1.165) is 66.7 Å². The topological polar surface area (TPSA) is 395 Å². The molecule has 0 radical (unpaired) electrons. The van der Waals surface area contributed by atoms with Crippen LogP contribution in [0.2, 0.25) is 0 Å². The van der Waals surface area contributed by atoms with Crippen LogP contribution in [0.25, 0.3) is 0 Å². The maximum atomic E-state index is 16.7. The molecule has 12 rings (SSSR count). The van der Waals surface area contributed by atoms with Crippen molar-refractivity contribution in [2.24, 2.45) is 0 Å². The molecule has 0 aromatic heterocycles. The van der Waals surface area contributed by atoms with Crippen molar-refractivity contribution in [3.05, 3.63) is 287 Å². The maximum absolute atomic E-state index is 16.7. The minimum atomic E-state index is -3.24. The van der Waals surface area contributed by atoms with Crippen LogP contribution in [-0.2, 0) is 176 Å². The number of ether oxygens (including phenoxy) is 21. The highest BCUT2D eigenvalue weighted by molar-refractivity contribution is 6.76. The summed E-state index contributed by atoms with van der Waals surface area (Å²) in [6.45, 7) is 5.89. The van der Waals surface area contributed by atoms with Gasteiger partial charge in [0.05, 0.1) is 71.9 Å². The van der Waals surface area contributed by atoms with Gasteiger partial charge in [-0.1, -0.05) is 277 Å². The number of carbonyl (C=O) groups is 9. The lowest BCUT2D eigenvalue weighted by Crippen LogP contribution is -2.73. The van der Waals surface area contributed by atoms with Gasteiger partial charge in [0.1, 0.15) is 73.7 Å². The van der Waals surface area contributed by atoms with E-state index in [4.69, 9.17) is 134 Å². The Balaban J connectivity index is 1.11. The van der Waals surface area contributed by atoms with E-state index < -0.39 is 224 Å². The molecule has 33 nitrogen and oxygen atoms in total. The smallest absolute Gasteiger partial charge is 0.409 e. The molecule has 36 heteroatoms. The van der Waals surface area contributed by atoms with Crippen LogP contribution in [0.4, 0.5) is 4.79 Å². The Kier molecular flexibility index (Phi) is 37.2. The molecule has 1 unspecified atom stereocenters. The van der Waals surface area contributed by atoms with Crippen molar-refractivity contribution >= 4 is 94.5 Å². The zero-order valence-corrected chi connectivity index (χ0v) is 77.7. The van der Waals surface area contributed by atoms with Gasteiger partial charge in [0.2, 0.25) is 18.1 Å². The monoisotopic (exact) mass is 1920 g/mol. The van der Waals surface area contributed by atoms with Crippen molar-refractivity contribution in [2.45, 2.75) is 233 Å². The van der Waals surface area contributed by atoms with E-state index in [0.29, 0.717) is 33.4 Å². The molecular weight excluding hydrogens is 1820 g/mol. The number of hydrogen-bond donors (Lipinski definition) is 3. The Labute approximate surface area is 795 Å². The summed E-state index contributed by atoms with van der Waals surface area (Å²) in [6.07, 6.45) is -35.7. The van der Waals surface area contributed by atoms with E-state index in [2.05, 4.69) is 10.6 Å². The predicted molar refractivity (Wildman–Crippen MR) is 481 cm³/mol. The standard InChI is InChI=1S/C99H108Cl3N3O30/c1-59-81(119-53-69-38-22-12-23-39-69)87(120-54-70-40-24-13-25-41-70)89(121-55-71-42-26-14-27-43-71)92(122-59)131-85-80(105-96(114)135-98(72-44-28-15-29-45-72,73-46-30-16-31-47-73)74-48-32-17-33-49-74)91(132-94(103)99(100,101)102)128-76(56-116-51-67-34-18-10-19-35-67)82(85)130-93-90(127-66(8)112)88(84(126-65(7)111)77(129-93)57-117-52-68-36-20-11-21-37-68)134-97(95(113)115-9)50-75(123-62(4)108)79(104-60(2)106)86(133-97)83(125-64(6)110)78(124-63(5)109)58-118-61(3)107/h10-49,59,75-93,103H,50-58H2,1-9H3,(H,104,106)(H,105,114)/t59-,75-,76+,77+,78+,79+,80+,81+,82+,83+,84-,85+,86+,87+,88-,89-,90+,91?,92-,93-,97-/m0/s1. The number of rotatable bonds is 40. The van der Waals surface area contributed by atoms with Crippen molar-refractivity contribution in [1.82, 2.24) is 10.6 Å². The maximum Gasteiger partial charge on any atom is 0.409 e. The molecule has 2 amide bonds. The van der Waals surface area contributed by atoms with E-state index in [1.54, 1.807) is 159 Å². The molecule has 720 valence electrons. The lowest BCUT2D eigenvalue weighted by molar-refractivity contribution is -0.392. The molecule has 21 atom stereocenters. The zero-order chi connectivity index (χ0) is 96.4. The molecule has 135 heavy (non-hydrogen) atoms. The van der Waals surface area contributed by atoms with E-state index in [-0.39, 0.29) is 33.0 Å². The van der Waals surface area contributed by atoms with Gasteiger partial charge in [-0.05, 0) is 34.7 Å². The fraction of sp³-hybridized carbons (Fsp3) is 0.414. The molecule has 4 fully saturated rings. The number of benzene rings is 8. The summed E-state index contributed by atoms with van der Waals surface area (Å²) >= 11 is 20.0. The molecule has 8 aromatic rings. The van der Waals surface area contributed by atoms with Gasteiger partial charge >= 0.3 is 47.9 Å². The second-order valence-electron chi connectivity index (χ2n) is 32.2. The highest BCUT2D eigenvalue weighted by Crippen LogP contribution is 2.46. The normalized spacial score (nSPS) is 25.5. The SMILES string of the molecule is COC(=O)[C@@]1(O[C@H]2[C@@H](OC(C)=O)[C@@H](COCc3ccccc3)O[C@@H](O[C@H]3[C@H](O[C@@H]4O[C@@H](C)[C@@H](OCc5ccccc5)[C@@H](OCc5ccccc5)[C@@H]4OCc4ccccc4)[C@@H](NC(=O)OC(c4ccccc4)(c4ccccc4)c4ccccc4)C(OC(=N)C(Cl)(Cl)Cl)O[C@@H]3COCc3ccccc3)[C@@H]2OC(C)=O)C[C@H](OC(C)=O)[C@@H](NC(C)=O)[C@H]([C@H](OC(C)=O)[C@@H](COC(C)=O)OC(C)=O)O1. The molecule has 3 N–H and O–H groups in total. The number of methoxy groups -OCH3 is 1. The van der Waals surface area contributed by atoms with Gasteiger partial charge in [0.15, 0.2) is 42.6 Å². The first-order valence-corrected chi connectivity index (χ1v) is 44.7. The molecule has 4 saturated heterocycles. The highest BCUT2D eigenvalue weighted by atomic mass is 35.6. The minimum Gasteiger partial charge on any atom is -0.465 e. The minimum absolute atomic E-state index is 0.0214. The lowest BCUT2D eigenvalue weighted by Gasteiger charge is -2.53. The van der Waals surface area contributed by atoms with Crippen LogP contribution in [-0.4, -0.2) is 219 Å². The Morgan fingerprint density at radius 3 is 1.29 bits per heavy atom. The van der Waals surface area contributed by atoms with Crippen molar-refractivity contribution in [2.75, 3.05) is 26.9 Å². The first kappa shape index (κ1) is 103. The number of nitrogens with one attached hydrogen (secondary N) is 3. The van der Waals surface area contributed by atoms with E-state index in [9.17, 15) is 39.0 Å². The highest BCUT2D eigenvalue weighted by Gasteiger charge is 2.65. The molecule has 0 spiro atoms. The van der Waals surface area contributed by atoms with Crippen LogP contribution in [0.3, 0.4) is 0 Å². The molecule has 4 heterocycles. The fourth-order valence-corrected chi connectivity index (χ4v) is 16.6. The van der Waals surface area contributed by atoms with Crippen LogP contribution < -0.4 is 10.6 Å². The van der Waals surface area contributed by atoms with Crippen LogP contribution in [0, 0.1) is 5.41 Å². The van der Waals surface area contributed by atoms with Crippen molar-refractivity contribution in [1.29, 1.82) is 5.41 Å². The second-order valence-corrected chi connectivity index (χ2v) is 34.5. The van der Waals surface area contributed by atoms with Crippen LogP contribution in [0.15, 0.2) is 243 Å². The number of carbonyl (C=O) groups excluding carboxylic acids is 9. The van der Waals surface area contributed by atoms with Gasteiger partial charge in [-0.15, -0.1) is 0 Å². The van der Waals surface area contributed by atoms with Gasteiger partial charge in [-0.2, -0.15) is 0 Å². The fourth-order valence-electron chi connectivity index (χ4n) is 16.5. The van der Waals surface area contributed by atoms with Crippen molar-refractivity contribution in [3.8, 4) is 0 Å². The number of esters is 7. The Bertz CT molecular complexity index is 5090. The summed E-state index contributed by atoms with van der Waals surface area (Å²) in [7, 11) is 0.894. The third-order valence-corrected chi connectivity index (χ3v) is 22.7. The third-order valence-electron chi connectivity index (χ3n) is 22.2. The van der Waals surface area contributed by atoms with Crippen molar-refractivity contribution in [3.63, 3.8) is 0 Å². The zero-order valence-electron chi connectivity index (χ0n) is 75.4. The largest absolute Gasteiger partial charge is 0.465 e. The summed E-state index contributed by atoms with van der Waals surface area (Å²) in [6, 6.07) is 68.0. The van der Waals surface area contributed by atoms with E-state index in [1.807, 2.05) is 91.0 Å². The van der Waals surface area contributed by atoms with Gasteiger partial charge in [0, 0.05) is 65.2 Å². The number of alkyl carbamates (subject to hydrolysis) is 1. The van der Waals surface area contributed by atoms with Gasteiger partial charge in [-0.3, -0.25) is 39.0 Å². The summed E-state index contributed by atoms with van der Waals surface area (Å²) in [5, 5.41) is 15.1. The Hall–Kier alpha value is -11.3. The first-order chi connectivity index (χ1) is 64.9. The van der Waals surface area contributed by atoms with Crippen LogP contribution >= 0.6 is 34.8 Å². The van der Waals surface area contributed by atoms with Crippen molar-refractivity contribution < 1.29 is 143 Å². The molecule has 4 aliphatic rings. The molecule has 4 aliphatic heterocycles. The van der Waals surface area contributed by atoms with Gasteiger partial charge < -0.3 is 110 Å². The van der Waals surface area contributed by atoms with E-state index >= 15 is 9.59 Å².